The summed E-state index contributed by atoms with van der Waals surface area (Å²) in [7, 11) is 0. The van der Waals surface area contributed by atoms with Crippen molar-refractivity contribution in [2.45, 2.75) is 24.9 Å². The average molecular weight is 295 g/mol. The third-order valence-corrected chi connectivity index (χ3v) is 3.68. The molecular formula is C12H13N3O6. The Morgan fingerprint density at radius 3 is 2.76 bits per heavy atom. The van der Waals surface area contributed by atoms with Gasteiger partial charge in [-0.15, -0.1) is 0 Å². The van der Waals surface area contributed by atoms with E-state index in [-0.39, 0.29) is 23.9 Å². The second-order valence-corrected chi connectivity index (χ2v) is 5.00. The van der Waals surface area contributed by atoms with Crippen molar-refractivity contribution in [1.29, 1.82) is 0 Å². The molecule has 1 aromatic rings. The predicted octanol–water partition coefficient (Wildman–Crippen LogP) is -0.0262. The first-order valence-corrected chi connectivity index (χ1v) is 6.43. The fourth-order valence-electron chi connectivity index (χ4n) is 2.52. The SMILES string of the molecule is O=C(O)c1cc(CN2C(=O)NC3(CCOCC3)C2=O)on1. The maximum Gasteiger partial charge on any atom is 0.358 e. The molecule has 21 heavy (non-hydrogen) atoms. The van der Waals surface area contributed by atoms with E-state index >= 15 is 0 Å². The van der Waals surface area contributed by atoms with Crippen molar-refractivity contribution in [3.63, 3.8) is 0 Å². The van der Waals surface area contributed by atoms with Crippen LogP contribution in [0.4, 0.5) is 4.79 Å². The lowest BCUT2D eigenvalue weighted by atomic mass is 9.90. The topological polar surface area (TPSA) is 122 Å². The number of aromatic carboxylic acids is 1. The molecule has 0 aromatic carbocycles. The highest BCUT2D eigenvalue weighted by Gasteiger charge is 2.51. The number of amides is 3. The number of hydrogen-bond donors (Lipinski definition) is 2. The Kier molecular flexibility index (Phi) is 3.13. The average Bonchev–Trinajstić information content (AvgIpc) is 3.00. The highest BCUT2D eigenvalue weighted by Crippen LogP contribution is 2.29. The largest absolute Gasteiger partial charge is 0.476 e. The predicted molar refractivity (Wildman–Crippen MR) is 65.3 cm³/mol. The van der Waals surface area contributed by atoms with E-state index in [1.165, 1.54) is 6.07 Å². The van der Waals surface area contributed by atoms with Crippen LogP contribution in [0.5, 0.6) is 0 Å². The number of ether oxygens (including phenoxy) is 1. The molecule has 3 rings (SSSR count). The molecule has 0 bridgehead atoms. The summed E-state index contributed by atoms with van der Waals surface area (Å²) in [6.45, 7) is 0.671. The highest BCUT2D eigenvalue weighted by molar-refractivity contribution is 6.07. The van der Waals surface area contributed by atoms with Gasteiger partial charge in [0.25, 0.3) is 5.91 Å². The first-order valence-electron chi connectivity index (χ1n) is 6.43. The Labute approximate surface area is 118 Å². The molecule has 2 fully saturated rings. The number of nitrogens with zero attached hydrogens (tertiary/aromatic N) is 2. The Bertz CT molecular complexity index is 604. The van der Waals surface area contributed by atoms with E-state index < -0.39 is 17.5 Å². The number of urea groups is 1. The molecule has 0 aliphatic carbocycles. The van der Waals surface area contributed by atoms with Crippen LogP contribution in [0.1, 0.15) is 29.1 Å². The summed E-state index contributed by atoms with van der Waals surface area (Å²) in [5.41, 5.74) is -1.18. The minimum Gasteiger partial charge on any atom is -0.476 e. The van der Waals surface area contributed by atoms with Crippen molar-refractivity contribution >= 4 is 17.9 Å². The minimum atomic E-state index is -1.23. The molecule has 112 valence electrons. The van der Waals surface area contributed by atoms with Crippen LogP contribution in [0.25, 0.3) is 0 Å². The van der Waals surface area contributed by atoms with Gasteiger partial charge >= 0.3 is 12.0 Å². The fraction of sp³-hybridized carbons (Fsp3) is 0.500. The number of carbonyl (C=O) groups excluding carboxylic acids is 2. The summed E-state index contributed by atoms with van der Waals surface area (Å²) in [5.74, 6) is -1.44. The van der Waals surface area contributed by atoms with Crippen LogP contribution in [0.2, 0.25) is 0 Å². The van der Waals surface area contributed by atoms with Crippen molar-refractivity contribution in [1.82, 2.24) is 15.4 Å². The first kappa shape index (κ1) is 13.6. The van der Waals surface area contributed by atoms with E-state index in [4.69, 9.17) is 14.4 Å². The summed E-state index contributed by atoms with van der Waals surface area (Å²) in [5, 5.41) is 14.8. The lowest BCUT2D eigenvalue weighted by Crippen LogP contribution is -2.51. The van der Waals surface area contributed by atoms with E-state index in [1.54, 1.807) is 0 Å². The lowest BCUT2D eigenvalue weighted by molar-refractivity contribution is -0.135. The zero-order valence-corrected chi connectivity index (χ0v) is 11.0. The second-order valence-electron chi connectivity index (χ2n) is 5.00. The van der Waals surface area contributed by atoms with Crippen molar-refractivity contribution in [3.8, 4) is 0 Å². The molecule has 0 unspecified atom stereocenters. The van der Waals surface area contributed by atoms with Crippen LogP contribution in [0.3, 0.4) is 0 Å². The Hall–Kier alpha value is -2.42. The van der Waals surface area contributed by atoms with Crippen LogP contribution in [0, 0.1) is 0 Å². The zero-order chi connectivity index (χ0) is 15.0. The third-order valence-electron chi connectivity index (χ3n) is 3.68. The Morgan fingerprint density at radius 2 is 2.14 bits per heavy atom. The molecule has 0 atom stereocenters. The van der Waals surface area contributed by atoms with Gasteiger partial charge in [-0.1, -0.05) is 5.16 Å². The van der Waals surface area contributed by atoms with E-state index in [1.807, 2.05) is 0 Å². The summed E-state index contributed by atoms with van der Waals surface area (Å²) in [4.78, 5) is 36.2. The van der Waals surface area contributed by atoms with Crippen LogP contribution in [-0.2, 0) is 16.1 Å². The summed E-state index contributed by atoms with van der Waals surface area (Å²) in [6.07, 6.45) is 0.843. The maximum atomic E-state index is 12.4. The quantitative estimate of drug-likeness (QED) is 0.751. The first-order chi connectivity index (χ1) is 10.0. The number of aromatic nitrogens is 1. The lowest BCUT2D eigenvalue weighted by Gasteiger charge is -2.30. The second kappa shape index (κ2) is 4.85. The van der Waals surface area contributed by atoms with Crippen LogP contribution >= 0.6 is 0 Å². The molecule has 1 spiro atoms. The standard InChI is InChI=1S/C12H13N3O6/c16-9(17)8-5-7(21-14-8)6-15-10(18)12(13-11(15)19)1-3-20-4-2-12/h5H,1-4,6H2,(H,13,19)(H,16,17). The number of carboxylic acids is 1. The molecule has 0 radical (unpaired) electrons. The normalized spacial score (nSPS) is 20.9. The van der Waals surface area contributed by atoms with Crippen molar-refractivity contribution in [2.75, 3.05) is 13.2 Å². The summed E-state index contributed by atoms with van der Waals surface area (Å²) in [6, 6.07) is 0.674. The molecule has 3 amide bonds. The maximum absolute atomic E-state index is 12.4. The molecule has 9 nitrogen and oxygen atoms in total. The Morgan fingerprint density at radius 1 is 1.43 bits per heavy atom. The van der Waals surface area contributed by atoms with Gasteiger partial charge < -0.3 is 19.7 Å². The van der Waals surface area contributed by atoms with E-state index in [0.717, 1.165) is 4.90 Å². The minimum absolute atomic E-state index is 0.139. The number of hydrogen-bond acceptors (Lipinski definition) is 6. The van der Waals surface area contributed by atoms with Crippen LogP contribution in [-0.4, -0.2) is 51.8 Å². The zero-order valence-electron chi connectivity index (χ0n) is 11.0. The van der Waals surface area contributed by atoms with Gasteiger partial charge in [0.15, 0.2) is 11.5 Å². The van der Waals surface area contributed by atoms with Crippen molar-refractivity contribution in [2.24, 2.45) is 0 Å². The van der Waals surface area contributed by atoms with E-state index in [9.17, 15) is 14.4 Å². The molecule has 0 saturated carbocycles. The molecule has 1 aromatic heterocycles. The monoisotopic (exact) mass is 295 g/mol. The van der Waals surface area contributed by atoms with Gasteiger partial charge in [-0.3, -0.25) is 9.69 Å². The molecule has 3 heterocycles. The van der Waals surface area contributed by atoms with Gasteiger partial charge in [-0.25, -0.2) is 9.59 Å². The van der Waals surface area contributed by atoms with Gasteiger partial charge in [0, 0.05) is 32.1 Å². The van der Waals surface area contributed by atoms with E-state index in [2.05, 4.69) is 10.5 Å². The van der Waals surface area contributed by atoms with Gasteiger partial charge in [0.2, 0.25) is 0 Å². The van der Waals surface area contributed by atoms with Gasteiger partial charge in [0.1, 0.15) is 5.54 Å². The van der Waals surface area contributed by atoms with Gasteiger partial charge in [-0.05, 0) is 0 Å². The Balaban J connectivity index is 1.77. The number of carboxylic acid groups (broad SMARTS) is 1. The number of carbonyl (C=O) groups is 3. The molecule has 2 saturated heterocycles. The van der Waals surface area contributed by atoms with E-state index in [0.29, 0.717) is 26.1 Å². The van der Waals surface area contributed by atoms with Crippen LogP contribution in [0.15, 0.2) is 10.6 Å². The number of imide groups is 1. The molecular weight excluding hydrogens is 282 g/mol. The third kappa shape index (κ3) is 2.25. The summed E-state index contributed by atoms with van der Waals surface area (Å²) < 4.78 is 10.0. The molecule has 2 aliphatic heterocycles. The highest BCUT2D eigenvalue weighted by atomic mass is 16.5. The molecule has 2 aliphatic rings. The molecule has 9 heteroatoms. The number of nitrogens with one attached hydrogen (secondary N) is 1. The number of rotatable bonds is 3. The van der Waals surface area contributed by atoms with Crippen LogP contribution < -0.4 is 5.32 Å². The fourth-order valence-corrected chi connectivity index (χ4v) is 2.52. The van der Waals surface area contributed by atoms with Gasteiger partial charge in [-0.2, -0.15) is 0 Å². The van der Waals surface area contributed by atoms with Gasteiger partial charge in [0.05, 0.1) is 6.54 Å². The van der Waals surface area contributed by atoms with Crippen molar-refractivity contribution < 1.29 is 28.8 Å². The molecule has 2 N–H and O–H groups in total. The summed E-state index contributed by atoms with van der Waals surface area (Å²) >= 11 is 0. The van der Waals surface area contributed by atoms with Crippen molar-refractivity contribution in [3.05, 3.63) is 17.5 Å². The smallest absolute Gasteiger partial charge is 0.358 e.